The Balaban J connectivity index is 1.86. The zero-order chi connectivity index (χ0) is 22.2. The Kier molecular flexibility index (Phi) is 7.44. The van der Waals surface area contributed by atoms with Crippen LogP contribution in [0.3, 0.4) is 0 Å². The number of aryl methyl sites for hydroxylation is 1. The number of benzene rings is 2. The third kappa shape index (κ3) is 6.44. The van der Waals surface area contributed by atoms with Crippen molar-refractivity contribution in [3.05, 3.63) is 101 Å². The van der Waals surface area contributed by atoms with Gasteiger partial charge >= 0.3 is 0 Å². The molecule has 0 fully saturated rings. The fourth-order valence-electron chi connectivity index (χ4n) is 3.33. The van der Waals surface area contributed by atoms with Gasteiger partial charge in [-0.25, -0.2) is 0 Å². The molecule has 2 aromatic carbocycles. The molecule has 2 amide bonds. The first-order chi connectivity index (χ1) is 14.9. The average molecular weight is 417 g/mol. The first-order valence-electron chi connectivity index (χ1n) is 10.4. The maximum Gasteiger partial charge on any atom is 0.268 e. The van der Waals surface area contributed by atoms with Crippen LogP contribution in [0.2, 0.25) is 0 Å². The molecule has 0 spiro atoms. The van der Waals surface area contributed by atoms with E-state index in [1.54, 1.807) is 30.3 Å². The van der Waals surface area contributed by atoms with Crippen LogP contribution >= 0.6 is 0 Å². The maximum atomic E-state index is 13.2. The molecule has 5 nitrogen and oxygen atoms in total. The lowest BCUT2D eigenvalue weighted by Gasteiger charge is -2.22. The molecule has 160 valence electrons. The minimum atomic E-state index is -0.369. The van der Waals surface area contributed by atoms with E-state index in [9.17, 15) is 9.59 Å². The van der Waals surface area contributed by atoms with Crippen LogP contribution in [0.1, 0.15) is 53.6 Å². The van der Waals surface area contributed by atoms with Crippen LogP contribution in [0.5, 0.6) is 0 Å². The smallest absolute Gasteiger partial charge is 0.268 e. The second-order valence-electron chi connectivity index (χ2n) is 7.96. The highest BCUT2D eigenvalue weighted by Gasteiger charge is 2.21. The molecule has 0 unspecified atom stereocenters. The molecule has 0 bridgehead atoms. The van der Waals surface area contributed by atoms with Gasteiger partial charge in [0.15, 0.2) is 0 Å². The molecule has 1 heterocycles. The fourth-order valence-corrected chi connectivity index (χ4v) is 3.33. The summed E-state index contributed by atoms with van der Waals surface area (Å²) in [7, 11) is 0. The predicted molar refractivity (Wildman–Crippen MR) is 122 cm³/mol. The van der Waals surface area contributed by atoms with E-state index in [0.29, 0.717) is 17.2 Å². The van der Waals surface area contributed by atoms with E-state index in [2.05, 4.69) is 24.5 Å². The van der Waals surface area contributed by atoms with Crippen LogP contribution in [0.25, 0.3) is 6.08 Å². The van der Waals surface area contributed by atoms with Crippen molar-refractivity contribution in [2.45, 2.75) is 33.2 Å². The Hall–Kier alpha value is -3.60. The zero-order valence-electron chi connectivity index (χ0n) is 18.1. The van der Waals surface area contributed by atoms with Crippen LogP contribution in [0.15, 0.2) is 83.1 Å². The van der Waals surface area contributed by atoms with Crippen LogP contribution in [-0.2, 0) is 4.79 Å². The van der Waals surface area contributed by atoms with Crippen molar-refractivity contribution in [3.8, 4) is 0 Å². The van der Waals surface area contributed by atoms with Crippen molar-refractivity contribution in [3.63, 3.8) is 0 Å². The second kappa shape index (κ2) is 10.4. The summed E-state index contributed by atoms with van der Waals surface area (Å²) in [6.45, 7) is 6.14. The van der Waals surface area contributed by atoms with E-state index >= 15 is 0 Å². The Morgan fingerprint density at radius 2 is 1.77 bits per heavy atom. The minimum Gasteiger partial charge on any atom is -0.465 e. The normalized spacial score (nSPS) is 12.5. The van der Waals surface area contributed by atoms with Crippen LogP contribution in [0, 0.1) is 12.8 Å². The lowest BCUT2D eigenvalue weighted by atomic mass is 9.97. The van der Waals surface area contributed by atoms with Crippen LogP contribution in [0.4, 0.5) is 0 Å². The zero-order valence-corrected chi connectivity index (χ0v) is 18.1. The summed E-state index contributed by atoms with van der Waals surface area (Å²) in [4.78, 5) is 26.0. The van der Waals surface area contributed by atoms with Crippen molar-refractivity contribution in [1.29, 1.82) is 0 Å². The molecular formula is C26H28N2O3. The number of furan rings is 1. The van der Waals surface area contributed by atoms with Crippen molar-refractivity contribution >= 4 is 17.9 Å². The molecule has 2 N–H and O–H groups in total. The number of carbonyl (C=O) groups is 2. The van der Waals surface area contributed by atoms with E-state index in [4.69, 9.17) is 4.42 Å². The summed E-state index contributed by atoms with van der Waals surface area (Å²) in [6.07, 6.45) is 3.84. The summed E-state index contributed by atoms with van der Waals surface area (Å²) in [5.41, 5.74) is 2.60. The molecule has 0 aliphatic carbocycles. The summed E-state index contributed by atoms with van der Waals surface area (Å²) in [6, 6.07) is 20.4. The average Bonchev–Trinajstić information content (AvgIpc) is 3.26. The van der Waals surface area contributed by atoms with Crippen molar-refractivity contribution < 1.29 is 14.0 Å². The van der Waals surface area contributed by atoms with Gasteiger partial charge in [0.2, 0.25) is 0 Å². The Bertz CT molecular complexity index is 1040. The van der Waals surface area contributed by atoms with Crippen LogP contribution in [-0.4, -0.2) is 11.8 Å². The first-order valence-corrected chi connectivity index (χ1v) is 10.4. The molecule has 1 aromatic heterocycles. The Morgan fingerprint density at radius 3 is 2.42 bits per heavy atom. The van der Waals surface area contributed by atoms with Gasteiger partial charge in [-0.3, -0.25) is 9.59 Å². The summed E-state index contributed by atoms with van der Waals surface area (Å²) in [5, 5.41) is 5.84. The largest absolute Gasteiger partial charge is 0.465 e. The van der Waals surface area contributed by atoms with E-state index < -0.39 is 0 Å². The topological polar surface area (TPSA) is 71.3 Å². The number of amides is 2. The number of hydrogen-bond acceptors (Lipinski definition) is 3. The highest BCUT2D eigenvalue weighted by atomic mass is 16.3. The molecule has 3 aromatic rings. The lowest BCUT2D eigenvalue weighted by Crippen LogP contribution is -2.37. The van der Waals surface area contributed by atoms with Gasteiger partial charge in [-0.1, -0.05) is 61.9 Å². The predicted octanol–water partition coefficient (Wildman–Crippen LogP) is 5.26. The highest BCUT2D eigenvalue weighted by molar-refractivity contribution is 6.05. The van der Waals surface area contributed by atoms with Gasteiger partial charge in [-0.2, -0.15) is 0 Å². The third-order valence-corrected chi connectivity index (χ3v) is 4.82. The number of rotatable bonds is 8. The van der Waals surface area contributed by atoms with Gasteiger partial charge in [-0.15, -0.1) is 0 Å². The van der Waals surface area contributed by atoms with Gasteiger partial charge < -0.3 is 15.1 Å². The lowest BCUT2D eigenvalue weighted by molar-refractivity contribution is -0.118. The van der Waals surface area contributed by atoms with Gasteiger partial charge in [0.05, 0.1) is 12.3 Å². The fraction of sp³-hybridized carbons (Fsp3) is 0.231. The molecule has 0 aliphatic rings. The summed E-state index contributed by atoms with van der Waals surface area (Å²) in [5.74, 6) is 0.142. The maximum absolute atomic E-state index is 13.2. The SMILES string of the molecule is Cc1cccc(C(=O)N/C(=C\c2ccco2)C(=O)N[C@H](CC(C)C)c2ccccc2)c1. The summed E-state index contributed by atoms with van der Waals surface area (Å²) >= 11 is 0. The Labute approximate surface area is 183 Å². The molecule has 3 rings (SSSR count). The van der Waals surface area contributed by atoms with Gasteiger partial charge in [-0.05, 0) is 49.1 Å². The number of nitrogens with one attached hydrogen (secondary N) is 2. The molecular weight excluding hydrogens is 388 g/mol. The molecule has 0 saturated carbocycles. The van der Waals surface area contributed by atoms with E-state index in [-0.39, 0.29) is 23.6 Å². The molecule has 1 atom stereocenters. The number of hydrogen-bond donors (Lipinski definition) is 2. The third-order valence-electron chi connectivity index (χ3n) is 4.82. The first kappa shape index (κ1) is 22.1. The Morgan fingerprint density at radius 1 is 1.00 bits per heavy atom. The van der Waals surface area contributed by atoms with E-state index in [1.807, 2.05) is 49.4 Å². The van der Waals surface area contributed by atoms with E-state index in [1.165, 1.54) is 6.26 Å². The second-order valence-corrected chi connectivity index (χ2v) is 7.96. The van der Waals surface area contributed by atoms with E-state index in [0.717, 1.165) is 17.5 Å². The minimum absolute atomic E-state index is 0.131. The molecule has 0 radical (unpaired) electrons. The van der Waals surface area contributed by atoms with Gasteiger partial charge in [0.1, 0.15) is 11.5 Å². The van der Waals surface area contributed by atoms with Crippen LogP contribution < -0.4 is 10.6 Å². The van der Waals surface area contributed by atoms with Crippen molar-refractivity contribution in [1.82, 2.24) is 10.6 Å². The van der Waals surface area contributed by atoms with Gasteiger partial charge in [0.25, 0.3) is 11.8 Å². The number of carbonyl (C=O) groups excluding carboxylic acids is 2. The molecule has 0 aliphatic heterocycles. The molecule has 0 saturated heterocycles. The van der Waals surface area contributed by atoms with Crippen molar-refractivity contribution in [2.24, 2.45) is 5.92 Å². The molecule has 5 heteroatoms. The summed E-state index contributed by atoms with van der Waals surface area (Å²) < 4.78 is 5.37. The standard InChI is InChI=1S/C26H28N2O3/c1-18(2)15-23(20-10-5-4-6-11-20)27-26(30)24(17-22-13-8-14-31-22)28-25(29)21-12-7-9-19(3)16-21/h4-14,16-18,23H,15H2,1-3H3,(H,27,30)(H,28,29)/b24-17-/t23-/m1/s1. The van der Waals surface area contributed by atoms with Gasteiger partial charge in [0, 0.05) is 11.6 Å². The highest BCUT2D eigenvalue weighted by Crippen LogP contribution is 2.22. The molecule has 31 heavy (non-hydrogen) atoms. The van der Waals surface area contributed by atoms with Crippen molar-refractivity contribution in [2.75, 3.05) is 0 Å². The monoisotopic (exact) mass is 416 g/mol. The quantitative estimate of drug-likeness (QED) is 0.492.